The van der Waals surface area contributed by atoms with Gasteiger partial charge in [-0.05, 0) is 57.8 Å². The lowest BCUT2D eigenvalue weighted by Crippen LogP contribution is -2.46. The fraction of sp³-hybridized carbons (Fsp3) is 0.817. The van der Waals surface area contributed by atoms with Gasteiger partial charge in [0.2, 0.25) is 5.91 Å². The van der Waals surface area contributed by atoms with Crippen molar-refractivity contribution in [2.75, 3.05) is 40.9 Å². The highest BCUT2D eigenvalue weighted by Gasteiger charge is 2.28. The van der Waals surface area contributed by atoms with Crippen molar-refractivity contribution in [2.24, 2.45) is 0 Å². The molecule has 0 aromatic heterocycles. The van der Waals surface area contributed by atoms with Gasteiger partial charge in [-0.1, -0.05) is 261 Å². The first-order chi connectivity index (χ1) is 33.5. The summed E-state index contributed by atoms with van der Waals surface area (Å²) in [5, 5.41) is 14.1. The van der Waals surface area contributed by atoms with Gasteiger partial charge < -0.3 is 19.8 Å². The molecule has 0 spiro atoms. The molecule has 0 heterocycles. The number of phosphoric acid groups is 1. The molecule has 1 amide bonds. The van der Waals surface area contributed by atoms with Gasteiger partial charge in [0.05, 0.1) is 39.9 Å². The molecule has 0 saturated carbocycles. The van der Waals surface area contributed by atoms with E-state index < -0.39 is 20.0 Å². The number of allylic oxidation sites excluding steroid dienone is 10. The van der Waals surface area contributed by atoms with E-state index in [2.05, 4.69) is 79.9 Å². The minimum atomic E-state index is -4.32. The van der Waals surface area contributed by atoms with Gasteiger partial charge in [-0.25, -0.2) is 4.57 Å². The van der Waals surface area contributed by atoms with Crippen molar-refractivity contribution in [3.8, 4) is 0 Å². The summed E-state index contributed by atoms with van der Waals surface area (Å²) in [5.74, 6) is -0.144. The summed E-state index contributed by atoms with van der Waals surface area (Å²) in [4.78, 5) is 23.3. The third-order valence-corrected chi connectivity index (χ3v) is 14.0. The van der Waals surface area contributed by atoms with Crippen molar-refractivity contribution >= 4 is 13.7 Å². The van der Waals surface area contributed by atoms with Crippen LogP contribution in [0.25, 0.3) is 0 Å². The van der Waals surface area contributed by atoms with Gasteiger partial charge in [0, 0.05) is 6.42 Å². The van der Waals surface area contributed by atoms with E-state index in [1.54, 1.807) is 0 Å². The lowest BCUT2D eigenvalue weighted by molar-refractivity contribution is -0.870. The number of unbranched alkanes of at least 4 members (excludes halogenated alkanes) is 30. The normalized spacial score (nSPS) is 14.4. The number of likely N-dealkylation sites (N-methyl/N-ethyl adjacent to an activating group) is 1. The number of rotatable bonds is 53. The van der Waals surface area contributed by atoms with Crippen molar-refractivity contribution in [1.29, 1.82) is 0 Å². The van der Waals surface area contributed by atoms with Gasteiger partial charge in [0.1, 0.15) is 13.2 Å². The molecule has 0 aromatic carbocycles. The van der Waals surface area contributed by atoms with Crippen LogP contribution < -0.4 is 5.32 Å². The first-order valence-corrected chi connectivity index (χ1v) is 30.6. The van der Waals surface area contributed by atoms with E-state index in [1.165, 1.54) is 167 Å². The van der Waals surface area contributed by atoms with Crippen LogP contribution in [0.15, 0.2) is 60.8 Å². The summed E-state index contributed by atoms with van der Waals surface area (Å²) in [6, 6.07) is -0.762. The number of nitrogens with zero attached hydrogens (tertiary/aromatic N) is 1. The van der Waals surface area contributed by atoms with Gasteiger partial charge in [0.25, 0.3) is 0 Å². The van der Waals surface area contributed by atoms with Crippen molar-refractivity contribution in [2.45, 2.75) is 276 Å². The molecule has 0 rings (SSSR count). The molecule has 0 saturated heterocycles. The zero-order valence-corrected chi connectivity index (χ0v) is 46.9. The summed E-state index contributed by atoms with van der Waals surface area (Å²) in [5.41, 5.74) is 0. The Labute approximate surface area is 428 Å². The maximum Gasteiger partial charge on any atom is 0.472 e. The summed E-state index contributed by atoms with van der Waals surface area (Å²) in [7, 11) is 1.62. The van der Waals surface area contributed by atoms with Crippen LogP contribution in [0.3, 0.4) is 0 Å². The van der Waals surface area contributed by atoms with Gasteiger partial charge in [-0.15, -0.1) is 0 Å². The van der Waals surface area contributed by atoms with Crippen LogP contribution in [0.5, 0.6) is 0 Å². The quantitative estimate of drug-likeness (QED) is 0.0243. The molecule has 0 aliphatic carbocycles. The Hall–Kier alpha value is -1.80. The summed E-state index contributed by atoms with van der Waals surface area (Å²) in [6.45, 7) is 4.80. The zero-order valence-electron chi connectivity index (χ0n) is 46.0. The average Bonchev–Trinajstić information content (AvgIpc) is 3.31. The third-order valence-electron chi connectivity index (χ3n) is 13.0. The van der Waals surface area contributed by atoms with Crippen LogP contribution >= 0.6 is 7.82 Å². The predicted molar refractivity (Wildman–Crippen MR) is 300 cm³/mol. The number of phosphoric ester groups is 1. The Morgan fingerprint density at radius 3 is 1.28 bits per heavy atom. The Morgan fingerprint density at radius 2 is 0.870 bits per heavy atom. The second-order valence-corrected chi connectivity index (χ2v) is 22.4. The molecule has 404 valence electrons. The van der Waals surface area contributed by atoms with Crippen molar-refractivity contribution in [3.05, 3.63) is 60.8 Å². The molecule has 8 nitrogen and oxygen atoms in total. The minimum absolute atomic E-state index is 0.0741. The van der Waals surface area contributed by atoms with Crippen LogP contribution in [-0.4, -0.2) is 73.4 Å². The zero-order chi connectivity index (χ0) is 50.6. The Kier molecular flexibility index (Phi) is 49.8. The number of carbonyl (C=O) groups is 1. The smallest absolute Gasteiger partial charge is 0.391 e. The summed E-state index contributed by atoms with van der Waals surface area (Å²) >= 11 is 0. The largest absolute Gasteiger partial charge is 0.472 e. The second-order valence-electron chi connectivity index (χ2n) is 21.0. The van der Waals surface area contributed by atoms with Crippen molar-refractivity contribution < 1.29 is 32.9 Å². The third kappa shape index (κ3) is 53.8. The SMILES string of the molecule is CC/C=C\C/C=C\C/C=C\C/C=C\C/C=C\CCCCCCCCCCCCCCCCCC(=O)NC(COP(=O)(O)OCC[N+](C)(C)C)C(O)CCCCCCCCCCCCCCCCCC. The maximum absolute atomic E-state index is 13.0. The molecule has 3 atom stereocenters. The number of aliphatic hydroxyl groups excluding tert-OH is 1. The first kappa shape index (κ1) is 67.2. The fourth-order valence-electron chi connectivity index (χ4n) is 8.49. The van der Waals surface area contributed by atoms with E-state index >= 15 is 0 Å². The number of carbonyl (C=O) groups excluding carboxylic acids is 1. The van der Waals surface area contributed by atoms with E-state index in [-0.39, 0.29) is 19.1 Å². The van der Waals surface area contributed by atoms with E-state index in [9.17, 15) is 19.4 Å². The molecule has 9 heteroatoms. The molecule has 0 bridgehead atoms. The number of quaternary nitrogens is 1. The van der Waals surface area contributed by atoms with Crippen molar-refractivity contribution in [1.82, 2.24) is 5.32 Å². The lowest BCUT2D eigenvalue weighted by atomic mass is 10.0. The highest BCUT2D eigenvalue weighted by molar-refractivity contribution is 7.47. The van der Waals surface area contributed by atoms with Gasteiger partial charge in [-0.2, -0.15) is 0 Å². The number of nitrogens with one attached hydrogen (secondary N) is 1. The summed E-state index contributed by atoms with van der Waals surface area (Å²) in [6.07, 6.45) is 68.5. The van der Waals surface area contributed by atoms with E-state index in [0.29, 0.717) is 23.9 Å². The summed E-state index contributed by atoms with van der Waals surface area (Å²) < 4.78 is 23.8. The van der Waals surface area contributed by atoms with Crippen LogP contribution in [-0.2, 0) is 18.4 Å². The first-order valence-electron chi connectivity index (χ1n) is 29.2. The molecular weight excluding hydrogens is 876 g/mol. The van der Waals surface area contributed by atoms with Crippen molar-refractivity contribution in [3.63, 3.8) is 0 Å². The van der Waals surface area contributed by atoms with Crippen LogP contribution in [0, 0.1) is 0 Å². The van der Waals surface area contributed by atoms with E-state index in [4.69, 9.17) is 9.05 Å². The molecule has 0 aromatic rings. The maximum atomic E-state index is 13.0. The topological polar surface area (TPSA) is 105 Å². The highest BCUT2D eigenvalue weighted by Crippen LogP contribution is 2.43. The van der Waals surface area contributed by atoms with E-state index in [0.717, 1.165) is 70.6 Å². The second kappa shape index (κ2) is 51.1. The Morgan fingerprint density at radius 1 is 0.507 bits per heavy atom. The number of hydrogen-bond acceptors (Lipinski definition) is 5. The molecule has 69 heavy (non-hydrogen) atoms. The predicted octanol–water partition coefficient (Wildman–Crippen LogP) is 17.7. The Balaban J connectivity index is 4.08. The molecule has 0 aliphatic heterocycles. The lowest BCUT2D eigenvalue weighted by Gasteiger charge is -2.26. The van der Waals surface area contributed by atoms with E-state index in [1.807, 2.05) is 21.1 Å². The van der Waals surface area contributed by atoms with Gasteiger partial charge in [0.15, 0.2) is 0 Å². The monoisotopic (exact) mass is 990 g/mol. The standard InChI is InChI=1S/C60H113N2O6P/c1-6-8-10-12-14-16-18-20-22-24-25-26-27-28-29-30-31-32-33-34-35-36-37-38-40-42-44-46-48-50-52-54-60(64)61-58(57-68-69(65,66)67-56-55-62(3,4)5)59(63)53-51-49-47-45-43-41-39-23-21-19-17-15-13-11-9-7-2/h8,10,14,16,20,22,25-26,28-29,58-59,63H,6-7,9,11-13,15,17-19,21,23-24,27,30-57H2,1-5H3,(H-,61,64,65,66)/p+1/b10-8-,16-14-,22-20-,26-25-,29-28-. The molecule has 3 N–H and O–H groups in total. The minimum Gasteiger partial charge on any atom is -0.391 e. The molecular formula is C60H114N2O6P+. The van der Waals surface area contributed by atoms with Crippen LogP contribution in [0.2, 0.25) is 0 Å². The molecule has 3 unspecified atom stereocenters. The fourth-order valence-corrected chi connectivity index (χ4v) is 9.22. The van der Waals surface area contributed by atoms with Gasteiger partial charge in [-0.3, -0.25) is 13.8 Å². The molecule has 0 radical (unpaired) electrons. The molecule has 0 fully saturated rings. The average molecular weight is 991 g/mol. The number of aliphatic hydroxyl groups is 1. The van der Waals surface area contributed by atoms with Crippen LogP contribution in [0.1, 0.15) is 264 Å². The highest BCUT2D eigenvalue weighted by atomic mass is 31.2. The van der Waals surface area contributed by atoms with Crippen LogP contribution in [0.4, 0.5) is 0 Å². The number of hydrogen-bond donors (Lipinski definition) is 3. The molecule has 0 aliphatic rings. The number of amides is 1. The Bertz CT molecular complexity index is 1310. The van der Waals surface area contributed by atoms with Gasteiger partial charge >= 0.3 is 7.82 Å².